The lowest BCUT2D eigenvalue weighted by Crippen LogP contribution is -2.41. The van der Waals surface area contributed by atoms with Gasteiger partial charge in [0.2, 0.25) is 0 Å². The van der Waals surface area contributed by atoms with Gasteiger partial charge in [0.15, 0.2) is 0 Å². The Hall–Kier alpha value is -1.62. The van der Waals surface area contributed by atoms with Gasteiger partial charge < -0.3 is 19.5 Å². The van der Waals surface area contributed by atoms with Crippen LogP contribution in [-0.2, 0) is 13.6 Å². The molecule has 1 aliphatic heterocycles. The van der Waals surface area contributed by atoms with Gasteiger partial charge in [-0.05, 0) is 32.4 Å². The van der Waals surface area contributed by atoms with Crippen molar-refractivity contribution in [3.05, 3.63) is 35.4 Å². The number of carboxylic acids is 1. The molecule has 0 saturated carbocycles. The molecule has 2 rings (SSSR count). The first-order valence-corrected chi connectivity index (χ1v) is 9.83. The minimum absolute atomic E-state index is 0.186. The van der Waals surface area contributed by atoms with E-state index in [0.717, 1.165) is 0 Å². The van der Waals surface area contributed by atoms with Gasteiger partial charge in [-0.2, -0.15) is 0 Å². The Balaban J connectivity index is 2.36. The maximum atomic E-state index is 12.9. The molecule has 1 aromatic carbocycles. The molecule has 1 aromatic rings. The molecule has 1 unspecified atom stereocenters. The number of nitrogens with one attached hydrogen (secondary N) is 1. The van der Waals surface area contributed by atoms with E-state index in [0.29, 0.717) is 30.9 Å². The van der Waals surface area contributed by atoms with Gasteiger partial charge in [0.1, 0.15) is 0 Å². The predicted molar refractivity (Wildman–Crippen MR) is 94.8 cm³/mol. The van der Waals surface area contributed by atoms with Crippen molar-refractivity contribution in [3.63, 3.8) is 0 Å². The molecule has 132 valence electrons. The van der Waals surface area contributed by atoms with Crippen molar-refractivity contribution in [2.75, 3.05) is 24.7 Å². The summed E-state index contributed by atoms with van der Waals surface area (Å²) in [5.74, 6) is -0.975. The quantitative estimate of drug-likeness (QED) is 0.680. The molecule has 0 radical (unpaired) electrons. The van der Waals surface area contributed by atoms with Crippen LogP contribution in [0, 0.1) is 0 Å². The summed E-state index contributed by atoms with van der Waals surface area (Å²) >= 11 is 0. The second-order valence-corrected chi connectivity index (χ2v) is 7.70. The second kappa shape index (κ2) is 7.51. The van der Waals surface area contributed by atoms with Crippen LogP contribution in [0.1, 0.15) is 43.1 Å². The van der Waals surface area contributed by atoms with Crippen molar-refractivity contribution in [2.24, 2.45) is 0 Å². The third-order valence-electron chi connectivity index (χ3n) is 4.05. The largest absolute Gasteiger partial charge is 0.478 e. The lowest BCUT2D eigenvalue weighted by molar-refractivity contribution is 0.0696. The van der Waals surface area contributed by atoms with Gasteiger partial charge in [-0.15, -0.1) is 0 Å². The fraction of sp³-hybridized carbons (Fsp3) is 0.471. The topological polar surface area (TPSA) is 84.9 Å². The molecule has 0 amide bonds. The lowest BCUT2D eigenvalue weighted by Gasteiger charge is -2.37. The molecule has 0 bridgehead atoms. The van der Waals surface area contributed by atoms with E-state index in [1.54, 1.807) is 32.1 Å². The molecular formula is C17H24NO5P. The first-order valence-electron chi connectivity index (χ1n) is 8.10. The maximum Gasteiger partial charge on any atom is 0.336 e. The molecule has 0 fully saturated rings. The summed E-state index contributed by atoms with van der Waals surface area (Å²) in [4.78, 5) is 11.4. The molecular weight excluding hydrogens is 329 g/mol. The van der Waals surface area contributed by atoms with Crippen molar-refractivity contribution in [3.8, 4) is 0 Å². The summed E-state index contributed by atoms with van der Waals surface area (Å²) < 4.78 is 23.7. The third kappa shape index (κ3) is 3.89. The van der Waals surface area contributed by atoms with E-state index in [4.69, 9.17) is 9.05 Å². The van der Waals surface area contributed by atoms with Crippen molar-refractivity contribution >= 4 is 25.3 Å². The van der Waals surface area contributed by atoms with Crippen LogP contribution in [0.5, 0.6) is 0 Å². The number of benzene rings is 1. The molecule has 24 heavy (non-hydrogen) atoms. The van der Waals surface area contributed by atoms with Crippen LogP contribution in [0.25, 0.3) is 6.08 Å². The fourth-order valence-electron chi connectivity index (χ4n) is 2.87. The monoisotopic (exact) mass is 353 g/mol. The van der Waals surface area contributed by atoms with Crippen molar-refractivity contribution in [1.29, 1.82) is 0 Å². The highest BCUT2D eigenvalue weighted by atomic mass is 31.2. The van der Waals surface area contributed by atoms with E-state index in [2.05, 4.69) is 5.32 Å². The van der Waals surface area contributed by atoms with E-state index >= 15 is 0 Å². The normalized spacial score (nSPS) is 19.6. The summed E-state index contributed by atoms with van der Waals surface area (Å²) in [7, 11) is -3.24. The summed E-state index contributed by atoms with van der Waals surface area (Å²) in [6.07, 6.45) is 4.49. The van der Waals surface area contributed by atoms with Crippen LogP contribution < -0.4 is 5.32 Å². The number of aromatic carboxylic acids is 1. The van der Waals surface area contributed by atoms with E-state index in [1.165, 1.54) is 0 Å². The Labute approximate surface area is 142 Å². The predicted octanol–water partition coefficient (Wildman–Crippen LogP) is 4.24. The van der Waals surface area contributed by atoms with Crippen LogP contribution >= 0.6 is 7.60 Å². The SMILES string of the molecule is CCOP(=O)(CC1(CC)C=Cc2c(cccc2C(=O)O)N1)OCC. The van der Waals surface area contributed by atoms with Crippen LogP contribution in [0.4, 0.5) is 5.69 Å². The highest BCUT2D eigenvalue weighted by Crippen LogP contribution is 2.52. The third-order valence-corrected chi connectivity index (χ3v) is 6.30. The number of hydrogen-bond donors (Lipinski definition) is 2. The Morgan fingerprint density at radius 3 is 2.46 bits per heavy atom. The number of hydrogen-bond acceptors (Lipinski definition) is 5. The molecule has 1 aliphatic rings. The van der Waals surface area contributed by atoms with Crippen LogP contribution in [0.15, 0.2) is 24.3 Å². The number of rotatable bonds is 8. The Bertz CT molecular complexity index is 678. The van der Waals surface area contributed by atoms with E-state index in [9.17, 15) is 14.5 Å². The van der Waals surface area contributed by atoms with Crippen molar-refractivity contribution in [2.45, 2.75) is 32.7 Å². The summed E-state index contributed by atoms with van der Waals surface area (Å²) in [5.41, 5.74) is 0.957. The van der Waals surface area contributed by atoms with Gasteiger partial charge in [0, 0.05) is 11.3 Å². The fourth-order valence-corrected chi connectivity index (χ4v) is 5.01. The highest BCUT2D eigenvalue weighted by Gasteiger charge is 2.39. The molecule has 0 spiro atoms. The highest BCUT2D eigenvalue weighted by molar-refractivity contribution is 7.54. The van der Waals surface area contributed by atoms with Crippen molar-refractivity contribution < 1.29 is 23.5 Å². The molecule has 0 aromatic heterocycles. The zero-order chi connectivity index (χ0) is 17.8. The minimum Gasteiger partial charge on any atom is -0.478 e. The van der Waals surface area contributed by atoms with E-state index in [1.807, 2.05) is 19.1 Å². The summed E-state index contributed by atoms with van der Waals surface area (Å²) in [6, 6.07) is 5.08. The maximum absolute atomic E-state index is 12.9. The van der Waals surface area contributed by atoms with E-state index in [-0.39, 0.29) is 11.7 Å². The molecule has 1 atom stereocenters. The van der Waals surface area contributed by atoms with Crippen molar-refractivity contribution in [1.82, 2.24) is 0 Å². The average molecular weight is 353 g/mol. The first-order chi connectivity index (χ1) is 11.4. The first kappa shape index (κ1) is 18.7. The number of fused-ring (bicyclic) bond motifs is 1. The van der Waals surface area contributed by atoms with Gasteiger partial charge in [0.05, 0.1) is 30.5 Å². The number of anilines is 1. The van der Waals surface area contributed by atoms with Gasteiger partial charge in [-0.25, -0.2) is 4.79 Å². The molecule has 0 aliphatic carbocycles. The molecule has 2 N–H and O–H groups in total. The molecule has 6 nitrogen and oxygen atoms in total. The Morgan fingerprint density at radius 1 is 1.25 bits per heavy atom. The number of carbonyl (C=O) groups is 1. The lowest BCUT2D eigenvalue weighted by atomic mass is 9.90. The Morgan fingerprint density at radius 2 is 1.92 bits per heavy atom. The van der Waals surface area contributed by atoms with Crippen LogP contribution in [0.3, 0.4) is 0 Å². The van der Waals surface area contributed by atoms with Gasteiger partial charge in [0.25, 0.3) is 0 Å². The molecule has 0 saturated heterocycles. The minimum atomic E-state index is -3.24. The molecule has 1 heterocycles. The van der Waals surface area contributed by atoms with Gasteiger partial charge >= 0.3 is 13.6 Å². The summed E-state index contributed by atoms with van der Waals surface area (Å²) in [5, 5.41) is 12.7. The molecule has 7 heteroatoms. The number of carboxylic acid groups (broad SMARTS) is 1. The zero-order valence-electron chi connectivity index (χ0n) is 14.2. The smallest absolute Gasteiger partial charge is 0.336 e. The zero-order valence-corrected chi connectivity index (χ0v) is 15.1. The second-order valence-electron chi connectivity index (χ2n) is 5.64. The van der Waals surface area contributed by atoms with E-state index < -0.39 is 19.1 Å². The summed E-state index contributed by atoms with van der Waals surface area (Å²) in [6.45, 7) is 6.15. The van der Waals surface area contributed by atoms with Crippen LogP contribution in [0.2, 0.25) is 0 Å². The standard InChI is InChI=1S/C17H24NO5P/c1-4-17(12-24(21,22-5-2)23-6-3)11-10-13-14(16(19)20)8-7-9-15(13)18-17/h7-11,18H,4-6,12H2,1-3H3,(H,19,20). The van der Waals surface area contributed by atoms with Crippen LogP contribution in [-0.4, -0.2) is 36.0 Å². The van der Waals surface area contributed by atoms with Gasteiger partial charge in [-0.1, -0.05) is 25.1 Å². The average Bonchev–Trinajstić information content (AvgIpc) is 2.54. The van der Waals surface area contributed by atoms with Gasteiger partial charge in [-0.3, -0.25) is 4.57 Å². The Kier molecular flexibility index (Phi) is 5.86.